The van der Waals surface area contributed by atoms with Gasteiger partial charge < -0.3 is 30.7 Å². The van der Waals surface area contributed by atoms with Gasteiger partial charge in [0.25, 0.3) is 0 Å². The number of esters is 1. The second-order valence-corrected chi connectivity index (χ2v) is 15.2. The van der Waals surface area contributed by atoms with Gasteiger partial charge in [-0.15, -0.1) is 0 Å². The number of nitrogens with one attached hydrogen (secondary N) is 2. The largest absolute Gasteiger partial charge is 0.458 e. The van der Waals surface area contributed by atoms with Gasteiger partial charge in [0.2, 0.25) is 17.7 Å². The van der Waals surface area contributed by atoms with E-state index in [-0.39, 0.29) is 25.8 Å². The molecule has 51 heavy (non-hydrogen) atoms. The number of aryl methyl sites for hydroxylation is 2. The van der Waals surface area contributed by atoms with E-state index in [2.05, 4.69) is 17.6 Å². The number of carbonyl (C=O) groups excluding carboxylic acids is 5. The molecule has 0 spiro atoms. The molecule has 2 aromatic carbocycles. The van der Waals surface area contributed by atoms with Crippen LogP contribution in [0.2, 0.25) is 0 Å². The Morgan fingerprint density at radius 1 is 0.784 bits per heavy atom. The summed E-state index contributed by atoms with van der Waals surface area (Å²) in [5.41, 5.74) is 7.07. The third-order valence-corrected chi connectivity index (χ3v) is 8.15. The fourth-order valence-electron chi connectivity index (χ4n) is 5.52. The van der Waals surface area contributed by atoms with Crippen molar-refractivity contribution in [3.63, 3.8) is 0 Å². The highest BCUT2D eigenvalue weighted by molar-refractivity contribution is 5.94. The molecule has 282 valence electrons. The van der Waals surface area contributed by atoms with Gasteiger partial charge in [0.15, 0.2) is 0 Å². The zero-order valence-corrected chi connectivity index (χ0v) is 32.1. The Kier molecular flexibility index (Phi) is 16.6. The molecule has 2 aromatic rings. The minimum absolute atomic E-state index is 0.102. The van der Waals surface area contributed by atoms with Crippen LogP contribution in [0.15, 0.2) is 48.5 Å². The van der Waals surface area contributed by atoms with Crippen LogP contribution < -0.4 is 16.4 Å². The Labute approximate surface area is 304 Å². The van der Waals surface area contributed by atoms with Crippen molar-refractivity contribution in [3.05, 3.63) is 70.8 Å². The number of nitrogens with zero attached hydrogens (tertiary/aromatic N) is 1. The molecule has 2 rings (SSSR count). The lowest BCUT2D eigenvalue weighted by molar-refractivity contribution is -0.159. The number of alkyl carbamates (subject to hydrolysis) is 1. The van der Waals surface area contributed by atoms with Gasteiger partial charge in [0.1, 0.15) is 29.3 Å². The summed E-state index contributed by atoms with van der Waals surface area (Å²) in [7, 11) is 0. The summed E-state index contributed by atoms with van der Waals surface area (Å²) in [5, 5.41) is 5.57. The summed E-state index contributed by atoms with van der Waals surface area (Å²) in [5.74, 6) is -2.41. The van der Waals surface area contributed by atoms with Crippen molar-refractivity contribution in [3.8, 4) is 0 Å². The van der Waals surface area contributed by atoms with Crippen molar-refractivity contribution in [1.82, 2.24) is 15.5 Å². The molecule has 0 bridgehead atoms. The lowest BCUT2D eigenvalue weighted by Crippen LogP contribution is -2.55. The second-order valence-electron chi connectivity index (χ2n) is 15.2. The third kappa shape index (κ3) is 15.6. The maximum absolute atomic E-state index is 14.7. The second kappa shape index (κ2) is 19.8. The summed E-state index contributed by atoms with van der Waals surface area (Å²) >= 11 is 0. The smallest absolute Gasteiger partial charge is 0.408 e. The third-order valence-electron chi connectivity index (χ3n) is 8.15. The highest BCUT2D eigenvalue weighted by Gasteiger charge is 2.38. The van der Waals surface area contributed by atoms with Gasteiger partial charge in [-0.05, 0) is 90.5 Å². The zero-order chi connectivity index (χ0) is 38.4. The van der Waals surface area contributed by atoms with Gasteiger partial charge in [-0.3, -0.25) is 14.4 Å². The number of primary amides is 1. The number of nitrogens with two attached hydrogens (primary N) is 1. The Bertz CT molecular complexity index is 1460. The first-order chi connectivity index (χ1) is 23.8. The highest BCUT2D eigenvalue weighted by Crippen LogP contribution is 2.27. The summed E-state index contributed by atoms with van der Waals surface area (Å²) in [6.45, 7) is 16.5. The Hall–Kier alpha value is -4.41. The standard InChI is InChI=1S/C40H60N4O7/c1-10-11-12-13-17-24-44(36(47)31(22-23-33(41)45)43-38(49)51-40(7,8)9)34(30-21-20-27(2)28(3)25-30)35(46)42-32(37(48)50-39(4,5)6)26-29-18-15-14-16-19-29/h14-16,18-21,25,31-32,34H,10-13,17,22-24,26H2,1-9H3,(H2,41,45)(H,42,46)(H,43,49). The minimum Gasteiger partial charge on any atom is -0.458 e. The molecule has 0 radical (unpaired) electrons. The number of ether oxygens (including phenoxy) is 2. The molecule has 3 atom stereocenters. The van der Waals surface area contributed by atoms with Crippen molar-refractivity contribution >= 4 is 29.8 Å². The number of hydrogen-bond donors (Lipinski definition) is 3. The van der Waals surface area contributed by atoms with E-state index >= 15 is 0 Å². The average Bonchev–Trinajstić information content (AvgIpc) is 3.02. The van der Waals surface area contributed by atoms with E-state index < -0.39 is 59.1 Å². The summed E-state index contributed by atoms with van der Waals surface area (Å²) in [4.78, 5) is 69.3. The van der Waals surface area contributed by atoms with Gasteiger partial charge >= 0.3 is 12.1 Å². The summed E-state index contributed by atoms with van der Waals surface area (Å²) in [6, 6.07) is 11.3. The number of benzene rings is 2. The Balaban J connectivity index is 2.69. The molecule has 0 saturated carbocycles. The number of hydrogen-bond acceptors (Lipinski definition) is 7. The van der Waals surface area contributed by atoms with E-state index in [1.165, 1.54) is 4.90 Å². The van der Waals surface area contributed by atoms with E-state index in [1.54, 1.807) is 47.6 Å². The topological polar surface area (TPSA) is 157 Å². The van der Waals surface area contributed by atoms with Crippen molar-refractivity contribution in [2.75, 3.05) is 6.54 Å². The molecule has 0 aliphatic rings. The Morgan fingerprint density at radius 2 is 1.41 bits per heavy atom. The van der Waals surface area contributed by atoms with E-state index in [9.17, 15) is 24.0 Å². The van der Waals surface area contributed by atoms with Crippen LogP contribution >= 0.6 is 0 Å². The molecule has 4 N–H and O–H groups in total. The first-order valence-corrected chi connectivity index (χ1v) is 18.0. The molecular weight excluding hydrogens is 648 g/mol. The lowest BCUT2D eigenvalue weighted by Gasteiger charge is -2.35. The summed E-state index contributed by atoms with van der Waals surface area (Å²) in [6.07, 6.45) is 3.41. The molecule has 0 aliphatic heterocycles. The zero-order valence-electron chi connectivity index (χ0n) is 32.1. The molecule has 0 aromatic heterocycles. The molecule has 3 unspecified atom stereocenters. The first kappa shape index (κ1) is 42.8. The van der Waals surface area contributed by atoms with Gasteiger partial charge in [-0.25, -0.2) is 9.59 Å². The fraction of sp³-hybridized carbons (Fsp3) is 0.575. The van der Waals surface area contributed by atoms with E-state index in [0.29, 0.717) is 12.0 Å². The number of rotatable bonds is 18. The van der Waals surface area contributed by atoms with Crippen molar-refractivity contribution in [2.45, 2.75) is 143 Å². The summed E-state index contributed by atoms with van der Waals surface area (Å²) < 4.78 is 11.2. The first-order valence-electron chi connectivity index (χ1n) is 18.0. The molecule has 11 nitrogen and oxygen atoms in total. The number of carbonyl (C=O) groups is 5. The molecule has 0 heterocycles. The predicted molar refractivity (Wildman–Crippen MR) is 199 cm³/mol. The van der Waals surface area contributed by atoms with Gasteiger partial charge in [0, 0.05) is 19.4 Å². The molecule has 0 saturated heterocycles. The highest BCUT2D eigenvalue weighted by atomic mass is 16.6. The number of amides is 4. The molecule has 4 amide bonds. The van der Waals surface area contributed by atoms with Crippen LogP contribution in [-0.4, -0.2) is 64.5 Å². The molecule has 11 heteroatoms. The normalized spacial score (nSPS) is 13.4. The van der Waals surface area contributed by atoms with Crippen LogP contribution in [0.25, 0.3) is 0 Å². The van der Waals surface area contributed by atoms with Crippen molar-refractivity contribution < 1.29 is 33.4 Å². The maximum Gasteiger partial charge on any atom is 0.408 e. The van der Waals surface area contributed by atoms with Crippen molar-refractivity contribution in [1.29, 1.82) is 0 Å². The molecular formula is C40H60N4O7. The van der Waals surface area contributed by atoms with Crippen LogP contribution in [0.4, 0.5) is 4.79 Å². The number of unbranched alkanes of at least 4 members (excludes halogenated alkanes) is 4. The van der Waals surface area contributed by atoms with Crippen molar-refractivity contribution in [2.24, 2.45) is 5.73 Å². The van der Waals surface area contributed by atoms with Crippen LogP contribution in [0.3, 0.4) is 0 Å². The van der Waals surface area contributed by atoms with Gasteiger partial charge in [0.05, 0.1) is 0 Å². The van der Waals surface area contributed by atoms with Gasteiger partial charge in [-0.1, -0.05) is 81.1 Å². The Morgan fingerprint density at radius 3 is 1.98 bits per heavy atom. The lowest BCUT2D eigenvalue weighted by atomic mass is 9.96. The van der Waals surface area contributed by atoms with Crippen LogP contribution in [-0.2, 0) is 35.1 Å². The average molecular weight is 709 g/mol. The molecule has 0 fully saturated rings. The fourth-order valence-corrected chi connectivity index (χ4v) is 5.52. The molecule has 0 aliphatic carbocycles. The van der Waals surface area contributed by atoms with Crippen LogP contribution in [0.5, 0.6) is 0 Å². The van der Waals surface area contributed by atoms with E-state index in [1.807, 2.05) is 56.3 Å². The quantitative estimate of drug-likeness (QED) is 0.120. The van der Waals surface area contributed by atoms with Gasteiger partial charge in [-0.2, -0.15) is 0 Å². The van der Waals surface area contributed by atoms with E-state index in [0.717, 1.165) is 42.4 Å². The van der Waals surface area contributed by atoms with E-state index in [4.69, 9.17) is 15.2 Å². The monoisotopic (exact) mass is 708 g/mol. The minimum atomic E-state index is -1.23. The maximum atomic E-state index is 14.7. The van der Waals surface area contributed by atoms with Crippen LogP contribution in [0.1, 0.15) is 122 Å². The predicted octanol–water partition coefficient (Wildman–Crippen LogP) is 6.37. The van der Waals surface area contributed by atoms with Crippen LogP contribution in [0, 0.1) is 13.8 Å². The SMILES string of the molecule is CCCCCCCN(C(=O)C(CCC(N)=O)NC(=O)OC(C)(C)C)C(C(=O)NC(Cc1ccccc1)C(=O)OC(C)(C)C)c1ccc(C)c(C)c1.